The van der Waals surface area contributed by atoms with Gasteiger partial charge in [0.05, 0.1) is 4.91 Å². The van der Waals surface area contributed by atoms with Crippen molar-refractivity contribution >= 4 is 51.3 Å². The van der Waals surface area contributed by atoms with Crippen LogP contribution in [-0.2, 0) is 4.79 Å². The minimum atomic E-state index is -4.36. The van der Waals surface area contributed by atoms with E-state index in [4.69, 9.17) is 0 Å². The molecule has 0 spiro atoms. The summed E-state index contributed by atoms with van der Waals surface area (Å²) in [6.07, 6.45) is 4.02. The number of carbonyl (C=O) groups excluding carboxylic acids is 1. The molecule has 0 fully saturated rings. The van der Waals surface area contributed by atoms with Crippen molar-refractivity contribution in [3.05, 3.63) is 50.4 Å². The number of alkyl halides is 3. The smallest absolute Gasteiger partial charge is 0.337 e. The Balaban J connectivity index is 1.39. The normalized spacial score (nSPS) is 26.4. The second-order valence-corrected chi connectivity index (χ2v) is 10.5. The predicted molar refractivity (Wildman–Crippen MR) is 128 cm³/mol. The highest BCUT2D eigenvalue weighted by atomic mass is 32.2. The van der Waals surface area contributed by atoms with E-state index in [9.17, 15) is 18.0 Å². The summed E-state index contributed by atoms with van der Waals surface area (Å²) < 4.78 is 39.1. The molecule has 9 heteroatoms. The number of aliphatic imine (C=N–C) groups is 2. The van der Waals surface area contributed by atoms with E-state index in [-0.39, 0.29) is 17.7 Å². The van der Waals surface area contributed by atoms with Gasteiger partial charge in [-0.25, -0.2) is 4.99 Å². The van der Waals surface area contributed by atoms with Gasteiger partial charge in [-0.15, -0.1) is 10.5 Å². The van der Waals surface area contributed by atoms with Gasteiger partial charge in [-0.05, 0) is 58.2 Å². The molecule has 3 aliphatic rings. The minimum Gasteiger partial charge on any atom is -0.337 e. The van der Waals surface area contributed by atoms with E-state index in [1.807, 2.05) is 11.8 Å². The van der Waals surface area contributed by atoms with Crippen molar-refractivity contribution in [1.29, 1.82) is 0 Å². The summed E-state index contributed by atoms with van der Waals surface area (Å²) in [6, 6.07) is 2.10. The highest BCUT2D eigenvalue weighted by Crippen LogP contribution is 2.48. The molecule has 1 amide bonds. The molecule has 0 N–H and O–H groups in total. The molecule has 0 aromatic carbocycles. The lowest BCUT2D eigenvalue weighted by Crippen LogP contribution is -2.34. The van der Waals surface area contributed by atoms with Gasteiger partial charge in [0, 0.05) is 31.1 Å². The zero-order valence-corrected chi connectivity index (χ0v) is 19.3. The standard InChI is InChI=1S/C23H24F3N3OS2/c1-15-17(3-4-19-5-6-20(32(19)2)23(24,25)26)13-27-22(28-21(15)30)29-10-7-16(8-11-29)18-9-12-31-14-18/h5-7,9,12-15,17H,2-4,8,10-11H2,1H3. The molecule has 32 heavy (non-hydrogen) atoms. The molecule has 0 bridgehead atoms. The average molecular weight is 480 g/mol. The van der Waals surface area contributed by atoms with Crippen LogP contribution < -0.4 is 0 Å². The maximum atomic E-state index is 13.0. The van der Waals surface area contributed by atoms with E-state index in [0.29, 0.717) is 30.3 Å². The minimum absolute atomic E-state index is 0.182. The lowest BCUT2D eigenvalue weighted by Gasteiger charge is -2.26. The Hall–Kier alpha value is -2.26. The van der Waals surface area contributed by atoms with Gasteiger partial charge in [0.1, 0.15) is 0 Å². The topological polar surface area (TPSA) is 45.0 Å². The van der Waals surface area contributed by atoms with Gasteiger partial charge < -0.3 is 4.90 Å². The molecule has 0 radical (unpaired) electrons. The molecule has 1 aromatic rings. The third-order valence-electron chi connectivity index (χ3n) is 6.01. The first kappa shape index (κ1) is 22.9. The molecule has 4 rings (SSSR count). The van der Waals surface area contributed by atoms with Crippen LogP contribution in [0.25, 0.3) is 5.57 Å². The van der Waals surface area contributed by atoms with E-state index < -0.39 is 21.6 Å². The van der Waals surface area contributed by atoms with Crippen molar-refractivity contribution in [2.75, 3.05) is 13.1 Å². The van der Waals surface area contributed by atoms with Crippen LogP contribution in [0.1, 0.15) is 31.7 Å². The number of allylic oxidation sites excluding steroid dienone is 4. The first-order chi connectivity index (χ1) is 15.2. The molecule has 0 saturated heterocycles. The lowest BCUT2D eigenvalue weighted by atomic mass is 9.90. The molecular formula is C23H24F3N3OS2. The molecule has 3 atom stereocenters. The number of guanidine groups is 1. The summed E-state index contributed by atoms with van der Waals surface area (Å²) in [5.41, 5.74) is 2.53. The molecular weight excluding hydrogens is 455 g/mol. The Bertz CT molecular complexity index is 1060. The molecule has 4 heterocycles. The summed E-state index contributed by atoms with van der Waals surface area (Å²) in [5, 5.41) is 4.18. The Labute approximate surface area is 191 Å². The number of nitrogens with zero attached hydrogens (tertiary/aromatic N) is 3. The second-order valence-electron chi connectivity index (χ2n) is 8.01. The van der Waals surface area contributed by atoms with E-state index in [1.54, 1.807) is 17.6 Å². The number of hydrogen-bond acceptors (Lipinski definition) is 4. The van der Waals surface area contributed by atoms with Crippen molar-refractivity contribution in [2.45, 2.75) is 32.4 Å². The van der Waals surface area contributed by atoms with Gasteiger partial charge in [0.2, 0.25) is 5.96 Å². The van der Waals surface area contributed by atoms with Crippen LogP contribution >= 0.6 is 21.8 Å². The van der Waals surface area contributed by atoms with Crippen LogP contribution in [-0.4, -0.2) is 48.1 Å². The summed E-state index contributed by atoms with van der Waals surface area (Å²) >= 11 is 1.67. The number of rotatable bonds is 4. The van der Waals surface area contributed by atoms with Crippen LogP contribution in [0, 0.1) is 11.8 Å². The zero-order valence-electron chi connectivity index (χ0n) is 17.6. The first-order valence-corrected chi connectivity index (χ1v) is 12.7. The quantitative estimate of drug-likeness (QED) is 0.506. The molecule has 170 valence electrons. The highest BCUT2D eigenvalue weighted by Gasteiger charge is 2.37. The van der Waals surface area contributed by atoms with Gasteiger partial charge in [-0.2, -0.15) is 29.5 Å². The van der Waals surface area contributed by atoms with Crippen LogP contribution in [0.5, 0.6) is 0 Å². The van der Waals surface area contributed by atoms with Crippen LogP contribution in [0.15, 0.2) is 54.8 Å². The fourth-order valence-electron chi connectivity index (χ4n) is 3.96. The third kappa shape index (κ3) is 4.88. The molecule has 0 aliphatic carbocycles. The lowest BCUT2D eigenvalue weighted by molar-refractivity contribution is -0.121. The fourth-order valence-corrected chi connectivity index (χ4v) is 6.04. The number of halogens is 3. The molecule has 1 aromatic heterocycles. The maximum absolute atomic E-state index is 13.0. The van der Waals surface area contributed by atoms with Crippen molar-refractivity contribution in [1.82, 2.24) is 4.90 Å². The van der Waals surface area contributed by atoms with Crippen molar-refractivity contribution in [3.63, 3.8) is 0 Å². The van der Waals surface area contributed by atoms with Gasteiger partial charge in [0.25, 0.3) is 5.91 Å². The number of thiophene rings is 1. The van der Waals surface area contributed by atoms with Gasteiger partial charge in [-0.3, -0.25) is 4.79 Å². The Morgan fingerprint density at radius 3 is 2.78 bits per heavy atom. The first-order valence-electron chi connectivity index (χ1n) is 10.4. The molecule has 3 aliphatic heterocycles. The Kier molecular flexibility index (Phi) is 6.67. The summed E-state index contributed by atoms with van der Waals surface area (Å²) in [7, 11) is -1.20. The number of hydrogen-bond donors (Lipinski definition) is 0. The predicted octanol–water partition coefficient (Wildman–Crippen LogP) is 5.88. The van der Waals surface area contributed by atoms with E-state index in [0.717, 1.165) is 19.0 Å². The van der Waals surface area contributed by atoms with Gasteiger partial charge in [0.15, 0.2) is 0 Å². The highest BCUT2D eigenvalue weighted by molar-refractivity contribution is 8.21. The van der Waals surface area contributed by atoms with Gasteiger partial charge >= 0.3 is 6.18 Å². The maximum Gasteiger partial charge on any atom is 0.422 e. The van der Waals surface area contributed by atoms with Crippen molar-refractivity contribution < 1.29 is 18.0 Å². The third-order valence-corrected chi connectivity index (χ3v) is 8.57. The number of carbonyl (C=O) groups is 1. The molecule has 3 unspecified atom stereocenters. The number of amides is 1. The van der Waals surface area contributed by atoms with Crippen LogP contribution in [0.4, 0.5) is 13.2 Å². The van der Waals surface area contributed by atoms with E-state index in [2.05, 4.69) is 38.8 Å². The Morgan fingerprint density at radius 2 is 2.16 bits per heavy atom. The average Bonchev–Trinajstić information content (AvgIpc) is 3.39. The summed E-state index contributed by atoms with van der Waals surface area (Å²) in [4.78, 5) is 23.5. The van der Waals surface area contributed by atoms with Crippen LogP contribution in [0.2, 0.25) is 0 Å². The Morgan fingerprint density at radius 1 is 1.34 bits per heavy atom. The fraction of sp³-hybridized carbons (Fsp3) is 0.391. The molecule has 4 nitrogen and oxygen atoms in total. The van der Waals surface area contributed by atoms with Crippen LogP contribution in [0.3, 0.4) is 0 Å². The SMILES string of the molecule is C=S1C(CCC2C=NC(N3CC=C(c4ccsc4)CC3)=NC(=O)C2C)=CC=C1C(F)(F)F. The monoisotopic (exact) mass is 479 g/mol. The zero-order chi connectivity index (χ0) is 22.9. The van der Waals surface area contributed by atoms with E-state index in [1.165, 1.54) is 17.2 Å². The summed E-state index contributed by atoms with van der Waals surface area (Å²) in [6.45, 7) is 3.17. The molecule has 0 saturated carbocycles. The van der Waals surface area contributed by atoms with Crippen molar-refractivity contribution in [3.8, 4) is 0 Å². The summed E-state index contributed by atoms with van der Waals surface area (Å²) in [5.74, 6) is 3.34. The van der Waals surface area contributed by atoms with Crippen molar-refractivity contribution in [2.24, 2.45) is 21.8 Å². The van der Waals surface area contributed by atoms with Gasteiger partial charge in [-0.1, -0.05) is 24.9 Å². The van der Waals surface area contributed by atoms with E-state index >= 15 is 0 Å². The second kappa shape index (κ2) is 9.31. The largest absolute Gasteiger partial charge is 0.422 e.